The molecule has 0 spiro atoms. The molecule has 0 fully saturated rings. The number of aryl methyl sites for hydroxylation is 1. The fourth-order valence-electron chi connectivity index (χ4n) is 2.12. The highest BCUT2D eigenvalue weighted by Gasteiger charge is 2.15. The van der Waals surface area contributed by atoms with Gasteiger partial charge in [-0.15, -0.1) is 0 Å². The Morgan fingerprint density at radius 2 is 2.13 bits per heavy atom. The molecule has 0 atom stereocenters. The van der Waals surface area contributed by atoms with E-state index in [1.165, 1.54) is 12.3 Å². The topological polar surface area (TPSA) is 64.7 Å². The first-order chi connectivity index (χ1) is 11.0. The van der Waals surface area contributed by atoms with Gasteiger partial charge in [0.2, 0.25) is 0 Å². The Bertz CT molecular complexity index is 857. The van der Waals surface area contributed by atoms with Crippen molar-refractivity contribution in [2.75, 3.05) is 5.32 Å². The molecule has 3 rings (SSSR count). The van der Waals surface area contributed by atoms with E-state index in [0.29, 0.717) is 15.7 Å². The molecule has 0 aliphatic carbocycles. The second-order valence-corrected chi connectivity index (χ2v) is 5.83. The summed E-state index contributed by atoms with van der Waals surface area (Å²) in [6.07, 6.45) is 4.84. The number of hydrogen-bond acceptors (Lipinski definition) is 3. The maximum atomic E-state index is 13.6. The monoisotopic (exact) mass is 377 g/mol. The van der Waals surface area contributed by atoms with E-state index in [0.717, 1.165) is 0 Å². The number of nitrogens with zero attached hydrogens (tertiary/aromatic N) is 4. The molecule has 118 valence electrons. The molecule has 2 heterocycles. The molecule has 2 aromatic heterocycles. The van der Waals surface area contributed by atoms with Gasteiger partial charge in [0.25, 0.3) is 5.91 Å². The Hall–Kier alpha value is -2.48. The summed E-state index contributed by atoms with van der Waals surface area (Å²) >= 11 is 3.28. The van der Waals surface area contributed by atoms with Crippen molar-refractivity contribution in [2.24, 2.45) is 7.05 Å². The molecule has 0 unspecified atom stereocenters. The van der Waals surface area contributed by atoms with Crippen LogP contribution in [0.15, 0.2) is 47.3 Å². The SMILES string of the molecule is Cn1cc(Br)c(C(=O)Nc2cnn(Cc3ccccc3F)c2)n1. The van der Waals surface area contributed by atoms with Gasteiger partial charge in [-0.3, -0.25) is 14.2 Å². The normalized spacial score (nSPS) is 10.7. The Balaban J connectivity index is 1.71. The Labute approximate surface area is 140 Å². The predicted octanol–water partition coefficient (Wildman–Crippen LogP) is 2.82. The lowest BCUT2D eigenvalue weighted by Crippen LogP contribution is -2.13. The summed E-state index contributed by atoms with van der Waals surface area (Å²) in [6.45, 7) is 0.288. The highest BCUT2D eigenvalue weighted by atomic mass is 79.9. The molecule has 3 aromatic rings. The van der Waals surface area contributed by atoms with Crippen molar-refractivity contribution in [3.63, 3.8) is 0 Å². The molecule has 1 aromatic carbocycles. The van der Waals surface area contributed by atoms with Crippen LogP contribution in [0.4, 0.5) is 10.1 Å². The molecular formula is C15H13BrFN5O. The van der Waals surface area contributed by atoms with E-state index < -0.39 is 0 Å². The Kier molecular flexibility index (Phi) is 4.24. The van der Waals surface area contributed by atoms with E-state index in [4.69, 9.17) is 0 Å². The average Bonchev–Trinajstić information content (AvgIpc) is 3.07. The van der Waals surface area contributed by atoms with Crippen LogP contribution in [-0.2, 0) is 13.6 Å². The number of amides is 1. The highest BCUT2D eigenvalue weighted by molar-refractivity contribution is 9.10. The van der Waals surface area contributed by atoms with Gasteiger partial charge in [0, 0.05) is 25.0 Å². The van der Waals surface area contributed by atoms with Gasteiger partial charge in [-0.25, -0.2) is 4.39 Å². The molecular weight excluding hydrogens is 365 g/mol. The number of hydrogen-bond donors (Lipinski definition) is 1. The fraction of sp³-hybridized carbons (Fsp3) is 0.133. The van der Waals surface area contributed by atoms with Crippen LogP contribution in [0, 0.1) is 5.82 Å². The molecule has 0 saturated carbocycles. The third-order valence-electron chi connectivity index (χ3n) is 3.18. The summed E-state index contributed by atoms with van der Waals surface area (Å²) in [4.78, 5) is 12.2. The van der Waals surface area contributed by atoms with Gasteiger partial charge in [-0.05, 0) is 22.0 Å². The maximum absolute atomic E-state index is 13.6. The van der Waals surface area contributed by atoms with Gasteiger partial charge in [-0.2, -0.15) is 10.2 Å². The lowest BCUT2D eigenvalue weighted by molar-refractivity contribution is 0.102. The number of carbonyl (C=O) groups is 1. The number of benzene rings is 1. The largest absolute Gasteiger partial charge is 0.318 e. The summed E-state index contributed by atoms with van der Waals surface area (Å²) in [7, 11) is 1.73. The van der Waals surface area contributed by atoms with Crippen molar-refractivity contribution < 1.29 is 9.18 Å². The minimum atomic E-state index is -0.345. The van der Waals surface area contributed by atoms with Crippen molar-refractivity contribution in [2.45, 2.75) is 6.54 Å². The van der Waals surface area contributed by atoms with Gasteiger partial charge in [-0.1, -0.05) is 18.2 Å². The molecule has 0 bridgehead atoms. The van der Waals surface area contributed by atoms with E-state index in [9.17, 15) is 9.18 Å². The zero-order chi connectivity index (χ0) is 16.4. The molecule has 6 nitrogen and oxygen atoms in total. The minimum Gasteiger partial charge on any atom is -0.318 e. The van der Waals surface area contributed by atoms with Gasteiger partial charge < -0.3 is 5.32 Å². The van der Waals surface area contributed by atoms with E-state index in [-0.39, 0.29) is 24.0 Å². The third kappa shape index (κ3) is 3.48. The first-order valence-electron chi connectivity index (χ1n) is 6.79. The zero-order valence-electron chi connectivity index (χ0n) is 12.2. The van der Waals surface area contributed by atoms with Crippen LogP contribution in [0.5, 0.6) is 0 Å². The molecule has 0 aliphatic rings. The fourth-order valence-corrected chi connectivity index (χ4v) is 2.68. The average molecular weight is 378 g/mol. The van der Waals surface area contributed by atoms with Crippen LogP contribution in [0.2, 0.25) is 0 Å². The highest BCUT2D eigenvalue weighted by Crippen LogP contribution is 2.16. The Morgan fingerprint density at radius 3 is 2.83 bits per heavy atom. The molecule has 1 N–H and O–H groups in total. The van der Waals surface area contributed by atoms with Crippen molar-refractivity contribution in [1.82, 2.24) is 19.6 Å². The molecule has 8 heteroatoms. The zero-order valence-corrected chi connectivity index (χ0v) is 13.8. The quantitative estimate of drug-likeness (QED) is 0.760. The molecule has 0 saturated heterocycles. The van der Waals surface area contributed by atoms with Gasteiger partial charge >= 0.3 is 0 Å². The lowest BCUT2D eigenvalue weighted by atomic mass is 10.2. The standard InChI is InChI=1S/C15H13BrFN5O/c1-21-9-12(16)14(20-21)15(23)19-11-6-18-22(8-11)7-10-4-2-3-5-13(10)17/h2-6,8-9H,7H2,1H3,(H,19,23). The van der Waals surface area contributed by atoms with E-state index >= 15 is 0 Å². The van der Waals surface area contributed by atoms with Crippen LogP contribution in [0.25, 0.3) is 0 Å². The smallest absolute Gasteiger partial charge is 0.277 e. The molecule has 0 radical (unpaired) electrons. The summed E-state index contributed by atoms with van der Waals surface area (Å²) in [5.74, 6) is -0.631. The van der Waals surface area contributed by atoms with Gasteiger partial charge in [0.1, 0.15) is 5.82 Å². The van der Waals surface area contributed by atoms with Crippen LogP contribution < -0.4 is 5.32 Å². The molecule has 23 heavy (non-hydrogen) atoms. The summed E-state index contributed by atoms with van der Waals surface area (Å²) in [5.41, 5.74) is 1.33. The van der Waals surface area contributed by atoms with Crippen LogP contribution >= 0.6 is 15.9 Å². The second-order valence-electron chi connectivity index (χ2n) is 4.97. The molecule has 1 amide bonds. The number of halogens is 2. The second kappa shape index (κ2) is 6.33. The Morgan fingerprint density at radius 1 is 1.35 bits per heavy atom. The summed E-state index contributed by atoms with van der Waals surface area (Å²) < 4.78 is 17.3. The summed E-state index contributed by atoms with van der Waals surface area (Å²) in [6, 6.07) is 6.50. The van der Waals surface area contributed by atoms with Gasteiger partial charge in [0.05, 0.1) is 22.9 Å². The number of rotatable bonds is 4. The predicted molar refractivity (Wildman–Crippen MR) is 86.6 cm³/mol. The van der Waals surface area contributed by atoms with Crippen LogP contribution in [0.1, 0.15) is 16.1 Å². The number of anilines is 1. The van der Waals surface area contributed by atoms with Crippen molar-refractivity contribution in [3.05, 3.63) is 64.4 Å². The van der Waals surface area contributed by atoms with E-state index in [1.54, 1.807) is 47.0 Å². The van der Waals surface area contributed by atoms with Crippen LogP contribution in [0.3, 0.4) is 0 Å². The van der Waals surface area contributed by atoms with E-state index in [2.05, 4.69) is 31.4 Å². The first-order valence-corrected chi connectivity index (χ1v) is 7.58. The van der Waals surface area contributed by atoms with Gasteiger partial charge in [0.15, 0.2) is 5.69 Å². The first kappa shape index (κ1) is 15.4. The molecule has 0 aliphatic heterocycles. The number of aromatic nitrogens is 4. The number of nitrogens with one attached hydrogen (secondary N) is 1. The van der Waals surface area contributed by atoms with Crippen LogP contribution in [-0.4, -0.2) is 25.5 Å². The number of carbonyl (C=O) groups excluding carboxylic acids is 1. The summed E-state index contributed by atoms with van der Waals surface area (Å²) in [5, 5.41) is 10.9. The minimum absolute atomic E-state index is 0.286. The van der Waals surface area contributed by atoms with Crippen molar-refractivity contribution >= 4 is 27.5 Å². The lowest BCUT2D eigenvalue weighted by Gasteiger charge is -2.03. The van der Waals surface area contributed by atoms with Crippen molar-refractivity contribution in [3.8, 4) is 0 Å². The van der Waals surface area contributed by atoms with Crippen molar-refractivity contribution in [1.29, 1.82) is 0 Å². The third-order valence-corrected chi connectivity index (χ3v) is 3.76. The maximum Gasteiger partial charge on any atom is 0.277 e. The van der Waals surface area contributed by atoms with E-state index in [1.807, 2.05) is 0 Å².